The fourth-order valence-corrected chi connectivity index (χ4v) is 4.56. The summed E-state index contributed by atoms with van der Waals surface area (Å²) < 4.78 is 9.68. The van der Waals surface area contributed by atoms with E-state index in [1.807, 2.05) is 49.2 Å². The summed E-state index contributed by atoms with van der Waals surface area (Å²) in [5.41, 5.74) is 5.15. The summed E-state index contributed by atoms with van der Waals surface area (Å²) in [5.74, 6) is 1.10. The number of ether oxygens (including phenoxy) is 1. The molecule has 4 rings (SSSR count). The maximum atomic E-state index is 13.3. The van der Waals surface area contributed by atoms with Crippen molar-refractivity contribution in [1.82, 2.24) is 19.0 Å². The van der Waals surface area contributed by atoms with Crippen molar-refractivity contribution in [2.45, 2.75) is 39.8 Å². The second kappa shape index (κ2) is 8.48. The van der Waals surface area contributed by atoms with E-state index in [1.165, 1.54) is 0 Å². The number of nitrogens with zero attached hydrogens (tertiary/aromatic N) is 4. The quantitative estimate of drug-likeness (QED) is 0.622. The number of likely N-dealkylation sites (tertiary alicyclic amines) is 1. The van der Waals surface area contributed by atoms with Gasteiger partial charge in [-0.25, -0.2) is 4.98 Å². The molecule has 0 radical (unpaired) electrons. The molecule has 3 heterocycles. The van der Waals surface area contributed by atoms with E-state index < -0.39 is 0 Å². The van der Waals surface area contributed by atoms with Crippen LogP contribution in [0, 0.1) is 20.8 Å². The minimum atomic E-state index is 0.119. The van der Waals surface area contributed by atoms with Gasteiger partial charge in [0.2, 0.25) is 0 Å². The molecule has 2 aromatic heterocycles. The van der Waals surface area contributed by atoms with Crippen LogP contribution in [0.2, 0.25) is 0 Å². The molecule has 158 valence electrons. The fourth-order valence-electron chi connectivity index (χ4n) is 4.56. The molecule has 0 saturated carbocycles. The molecule has 1 amide bonds. The third-order valence-electron chi connectivity index (χ3n) is 6.15. The highest BCUT2D eigenvalue weighted by atomic mass is 16.5. The first-order valence-corrected chi connectivity index (χ1v) is 10.6. The maximum Gasteiger partial charge on any atom is 0.255 e. The van der Waals surface area contributed by atoms with Crippen LogP contribution in [-0.4, -0.2) is 51.7 Å². The van der Waals surface area contributed by atoms with Crippen molar-refractivity contribution in [3.05, 3.63) is 65.2 Å². The number of amides is 1. The Morgan fingerprint density at radius 1 is 1.17 bits per heavy atom. The van der Waals surface area contributed by atoms with Crippen LogP contribution in [0.5, 0.6) is 0 Å². The molecule has 0 spiro atoms. The van der Waals surface area contributed by atoms with Gasteiger partial charge in [-0.2, -0.15) is 0 Å². The first-order chi connectivity index (χ1) is 14.5. The lowest BCUT2D eigenvalue weighted by Gasteiger charge is -2.20. The van der Waals surface area contributed by atoms with Gasteiger partial charge in [-0.3, -0.25) is 4.79 Å². The molecule has 0 bridgehead atoms. The number of aromatic nitrogens is 3. The summed E-state index contributed by atoms with van der Waals surface area (Å²) in [5, 5.41) is 0. The van der Waals surface area contributed by atoms with Crippen molar-refractivity contribution >= 4 is 5.91 Å². The number of benzene rings is 1. The van der Waals surface area contributed by atoms with Crippen LogP contribution >= 0.6 is 0 Å². The molecule has 30 heavy (non-hydrogen) atoms. The molecule has 1 aromatic carbocycles. The van der Waals surface area contributed by atoms with Gasteiger partial charge in [-0.15, -0.1) is 0 Å². The molecule has 3 aromatic rings. The Labute approximate surface area is 178 Å². The lowest BCUT2D eigenvalue weighted by Crippen LogP contribution is -2.29. The summed E-state index contributed by atoms with van der Waals surface area (Å²) in [4.78, 5) is 20.0. The first-order valence-electron chi connectivity index (χ1n) is 10.6. The number of aryl methyl sites for hydroxylation is 2. The molecule has 1 aliphatic heterocycles. The van der Waals surface area contributed by atoms with Gasteiger partial charge < -0.3 is 18.8 Å². The number of rotatable bonds is 6. The van der Waals surface area contributed by atoms with Crippen LogP contribution in [0.3, 0.4) is 0 Å². The number of carbonyl (C=O) groups excluding carboxylic acids is 1. The molecule has 1 aliphatic rings. The van der Waals surface area contributed by atoms with Crippen LogP contribution in [0.1, 0.15) is 39.9 Å². The Balaban J connectivity index is 1.55. The average molecular weight is 407 g/mol. The van der Waals surface area contributed by atoms with Crippen LogP contribution in [0.4, 0.5) is 0 Å². The maximum absolute atomic E-state index is 13.3. The highest BCUT2D eigenvalue weighted by Crippen LogP contribution is 2.31. The van der Waals surface area contributed by atoms with Gasteiger partial charge in [0.15, 0.2) is 0 Å². The highest BCUT2D eigenvalue weighted by molar-refractivity contribution is 5.96. The third-order valence-corrected chi connectivity index (χ3v) is 6.15. The van der Waals surface area contributed by atoms with Gasteiger partial charge in [0.1, 0.15) is 5.82 Å². The van der Waals surface area contributed by atoms with Crippen molar-refractivity contribution in [3.8, 4) is 11.4 Å². The lowest BCUT2D eigenvalue weighted by molar-refractivity contribution is 0.0786. The van der Waals surface area contributed by atoms with E-state index >= 15 is 0 Å². The van der Waals surface area contributed by atoms with Gasteiger partial charge in [-0.1, -0.05) is 30.3 Å². The van der Waals surface area contributed by atoms with Crippen molar-refractivity contribution in [3.63, 3.8) is 0 Å². The number of methoxy groups -OCH3 is 1. The third kappa shape index (κ3) is 3.67. The second-order valence-corrected chi connectivity index (χ2v) is 8.08. The molecular weight excluding hydrogens is 376 g/mol. The zero-order valence-electron chi connectivity index (χ0n) is 18.3. The van der Waals surface area contributed by atoms with Crippen LogP contribution in [-0.2, 0) is 11.3 Å². The standard InChI is InChI=1S/C24H30N4O2/c1-17-14-22(19(3)27(17)12-13-30-4)24(29)26-11-10-21(16-26)28-18(2)15-25-23(28)20-8-6-5-7-9-20/h5-9,14-15,21H,10-13,16H2,1-4H3. The zero-order chi connectivity index (χ0) is 21.3. The van der Waals surface area contributed by atoms with Crippen molar-refractivity contribution < 1.29 is 9.53 Å². The van der Waals surface area contributed by atoms with E-state index in [0.717, 1.165) is 53.5 Å². The summed E-state index contributed by atoms with van der Waals surface area (Å²) in [6.07, 6.45) is 2.86. The number of imidazole rings is 1. The highest BCUT2D eigenvalue weighted by Gasteiger charge is 2.31. The Hall–Kier alpha value is -2.86. The molecule has 1 unspecified atom stereocenters. The lowest BCUT2D eigenvalue weighted by atomic mass is 10.2. The van der Waals surface area contributed by atoms with Gasteiger partial charge in [0.05, 0.1) is 18.2 Å². The predicted molar refractivity (Wildman–Crippen MR) is 118 cm³/mol. The first kappa shape index (κ1) is 20.4. The SMILES string of the molecule is COCCn1c(C)cc(C(=O)N2CCC(n3c(C)cnc3-c3ccccc3)C2)c1C. The van der Waals surface area contributed by atoms with E-state index in [0.29, 0.717) is 13.2 Å². The van der Waals surface area contributed by atoms with E-state index in [2.05, 4.69) is 33.2 Å². The molecule has 6 nitrogen and oxygen atoms in total. The Kier molecular flexibility index (Phi) is 5.77. The van der Waals surface area contributed by atoms with Crippen LogP contribution in [0.25, 0.3) is 11.4 Å². The molecule has 0 aliphatic carbocycles. The van der Waals surface area contributed by atoms with Gasteiger partial charge in [0.25, 0.3) is 5.91 Å². The second-order valence-electron chi connectivity index (χ2n) is 8.08. The Bertz CT molecular complexity index is 1040. The summed E-state index contributed by atoms with van der Waals surface area (Å²) in [7, 11) is 1.70. The molecular formula is C24H30N4O2. The largest absolute Gasteiger partial charge is 0.383 e. The Morgan fingerprint density at radius 2 is 1.93 bits per heavy atom. The van der Waals surface area contributed by atoms with E-state index in [-0.39, 0.29) is 11.9 Å². The summed E-state index contributed by atoms with van der Waals surface area (Å²) >= 11 is 0. The normalized spacial score (nSPS) is 16.4. The van der Waals surface area contributed by atoms with E-state index in [1.54, 1.807) is 7.11 Å². The molecule has 6 heteroatoms. The van der Waals surface area contributed by atoms with Gasteiger partial charge in [-0.05, 0) is 33.3 Å². The van der Waals surface area contributed by atoms with Gasteiger partial charge >= 0.3 is 0 Å². The fraction of sp³-hybridized carbons (Fsp3) is 0.417. The molecule has 1 atom stereocenters. The smallest absolute Gasteiger partial charge is 0.255 e. The number of carbonyl (C=O) groups is 1. The summed E-state index contributed by atoms with van der Waals surface area (Å²) in [6.45, 7) is 9.03. The molecule has 1 saturated heterocycles. The molecule has 0 N–H and O–H groups in total. The van der Waals surface area contributed by atoms with Crippen LogP contribution in [0.15, 0.2) is 42.6 Å². The van der Waals surface area contributed by atoms with Crippen molar-refractivity contribution in [1.29, 1.82) is 0 Å². The number of hydrogen-bond acceptors (Lipinski definition) is 3. The number of hydrogen-bond donors (Lipinski definition) is 0. The van der Waals surface area contributed by atoms with Crippen LogP contribution < -0.4 is 0 Å². The van der Waals surface area contributed by atoms with Crippen molar-refractivity contribution in [2.24, 2.45) is 0 Å². The van der Waals surface area contributed by atoms with Gasteiger partial charge in [0, 0.05) is 55.6 Å². The van der Waals surface area contributed by atoms with E-state index in [9.17, 15) is 4.79 Å². The monoisotopic (exact) mass is 406 g/mol. The summed E-state index contributed by atoms with van der Waals surface area (Å²) in [6, 6.07) is 12.5. The average Bonchev–Trinajstić information content (AvgIpc) is 3.45. The predicted octanol–water partition coefficient (Wildman–Crippen LogP) is 4.01. The zero-order valence-corrected chi connectivity index (χ0v) is 18.3. The van der Waals surface area contributed by atoms with Crippen molar-refractivity contribution in [2.75, 3.05) is 26.8 Å². The topological polar surface area (TPSA) is 52.3 Å². The molecule has 1 fully saturated rings. The Morgan fingerprint density at radius 3 is 2.67 bits per heavy atom. The van der Waals surface area contributed by atoms with E-state index in [4.69, 9.17) is 4.74 Å². The minimum absolute atomic E-state index is 0.119. The minimum Gasteiger partial charge on any atom is -0.383 e.